The lowest BCUT2D eigenvalue weighted by Gasteiger charge is -2.32. The zero-order valence-electron chi connectivity index (χ0n) is 14.9. The van der Waals surface area contributed by atoms with Gasteiger partial charge in [-0.25, -0.2) is 4.79 Å². The zero-order chi connectivity index (χ0) is 17.1. The molecule has 25 heavy (non-hydrogen) atoms. The summed E-state index contributed by atoms with van der Waals surface area (Å²) in [5, 5.41) is 3.23. The number of para-hydroxylation sites is 1. The first kappa shape index (κ1) is 16.7. The molecule has 2 aliphatic heterocycles. The number of hydrogen-bond acceptors (Lipinski definition) is 3. The normalized spacial score (nSPS) is 24.6. The fourth-order valence-electron chi connectivity index (χ4n) is 3.80. The number of likely N-dealkylation sites (tertiary alicyclic amines) is 1. The van der Waals surface area contributed by atoms with Crippen molar-refractivity contribution in [2.75, 3.05) is 37.7 Å². The molecule has 1 atom stereocenters. The van der Waals surface area contributed by atoms with Gasteiger partial charge in [0.2, 0.25) is 0 Å². The summed E-state index contributed by atoms with van der Waals surface area (Å²) in [7, 11) is 0. The molecule has 2 saturated heterocycles. The van der Waals surface area contributed by atoms with Crippen molar-refractivity contribution in [2.45, 2.75) is 44.2 Å². The highest BCUT2D eigenvalue weighted by atomic mass is 16.5. The number of benzene rings is 1. The van der Waals surface area contributed by atoms with Gasteiger partial charge in [0.05, 0.1) is 6.10 Å². The Morgan fingerprint density at radius 1 is 1.04 bits per heavy atom. The monoisotopic (exact) mass is 343 g/mol. The van der Waals surface area contributed by atoms with Crippen molar-refractivity contribution in [2.24, 2.45) is 5.92 Å². The molecule has 1 aromatic carbocycles. The van der Waals surface area contributed by atoms with Crippen LogP contribution in [0.2, 0.25) is 0 Å². The maximum atomic E-state index is 12.5. The van der Waals surface area contributed by atoms with Crippen LogP contribution in [0.15, 0.2) is 30.3 Å². The molecule has 136 valence electrons. The van der Waals surface area contributed by atoms with Gasteiger partial charge in [0.1, 0.15) is 0 Å². The molecule has 0 aromatic heterocycles. The second kappa shape index (κ2) is 7.65. The van der Waals surface area contributed by atoms with E-state index in [0.717, 1.165) is 58.0 Å². The van der Waals surface area contributed by atoms with E-state index in [-0.39, 0.29) is 12.1 Å². The molecule has 0 unspecified atom stereocenters. The number of carbonyl (C=O) groups excluding carboxylic acids is 1. The standard InChI is InChI=1S/C20H29N3O2/c24-20(22-12-9-19(10-13-22)25-15-16-6-7-16)21-17-8-11-23(14-17)18-4-2-1-3-5-18/h1-5,16-17,19H,6-15H2,(H,21,24)/t17-/m1/s1. The van der Waals surface area contributed by atoms with E-state index >= 15 is 0 Å². The molecule has 2 heterocycles. The van der Waals surface area contributed by atoms with E-state index in [1.807, 2.05) is 11.0 Å². The molecule has 3 fully saturated rings. The van der Waals surface area contributed by atoms with Gasteiger partial charge in [0.15, 0.2) is 0 Å². The summed E-state index contributed by atoms with van der Waals surface area (Å²) in [4.78, 5) is 16.8. The molecule has 1 aliphatic carbocycles. The second-order valence-electron chi connectivity index (χ2n) is 7.68. The summed E-state index contributed by atoms with van der Waals surface area (Å²) in [5.74, 6) is 0.816. The molecule has 4 rings (SSSR count). The van der Waals surface area contributed by atoms with E-state index in [4.69, 9.17) is 4.74 Å². The topological polar surface area (TPSA) is 44.8 Å². The van der Waals surface area contributed by atoms with Crippen molar-refractivity contribution in [3.63, 3.8) is 0 Å². The van der Waals surface area contributed by atoms with Gasteiger partial charge in [-0.05, 0) is 50.2 Å². The minimum atomic E-state index is 0.0977. The summed E-state index contributed by atoms with van der Waals surface area (Å²) in [5.41, 5.74) is 1.24. The number of carbonyl (C=O) groups is 1. The fourth-order valence-corrected chi connectivity index (χ4v) is 3.80. The Bertz CT molecular complexity index is 568. The van der Waals surface area contributed by atoms with E-state index in [9.17, 15) is 4.79 Å². The van der Waals surface area contributed by atoms with Crippen LogP contribution in [0.4, 0.5) is 10.5 Å². The van der Waals surface area contributed by atoms with Crippen LogP contribution in [-0.2, 0) is 4.74 Å². The third-order valence-electron chi connectivity index (χ3n) is 5.63. The predicted octanol–water partition coefficient (Wildman–Crippen LogP) is 2.87. The lowest BCUT2D eigenvalue weighted by atomic mass is 10.1. The van der Waals surface area contributed by atoms with Crippen LogP contribution >= 0.6 is 0 Å². The molecule has 3 aliphatic rings. The molecule has 0 bridgehead atoms. The van der Waals surface area contributed by atoms with Gasteiger partial charge in [-0.1, -0.05) is 18.2 Å². The zero-order valence-corrected chi connectivity index (χ0v) is 14.9. The van der Waals surface area contributed by atoms with Crippen LogP contribution in [0.5, 0.6) is 0 Å². The number of amides is 2. The first-order valence-electron chi connectivity index (χ1n) is 9.75. The van der Waals surface area contributed by atoms with Gasteiger partial charge in [0, 0.05) is 44.5 Å². The van der Waals surface area contributed by atoms with Crippen molar-refractivity contribution in [1.29, 1.82) is 0 Å². The highest BCUT2D eigenvalue weighted by Crippen LogP contribution is 2.30. The Balaban J connectivity index is 1.19. The van der Waals surface area contributed by atoms with E-state index < -0.39 is 0 Å². The summed E-state index contributed by atoms with van der Waals surface area (Å²) in [6.07, 6.45) is 5.99. The molecular formula is C20H29N3O2. The lowest BCUT2D eigenvalue weighted by molar-refractivity contribution is 0.00934. The van der Waals surface area contributed by atoms with Crippen molar-refractivity contribution < 1.29 is 9.53 Å². The summed E-state index contributed by atoms with van der Waals surface area (Å²) >= 11 is 0. The summed E-state index contributed by atoms with van der Waals surface area (Å²) < 4.78 is 5.97. The van der Waals surface area contributed by atoms with Crippen LogP contribution in [0.3, 0.4) is 0 Å². The Morgan fingerprint density at radius 2 is 1.80 bits per heavy atom. The number of piperidine rings is 1. The maximum absolute atomic E-state index is 12.5. The largest absolute Gasteiger partial charge is 0.378 e. The van der Waals surface area contributed by atoms with Gasteiger partial charge in [-0.15, -0.1) is 0 Å². The Kier molecular flexibility index (Phi) is 5.11. The number of hydrogen-bond donors (Lipinski definition) is 1. The van der Waals surface area contributed by atoms with Crippen LogP contribution in [0.1, 0.15) is 32.1 Å². The average molecular weight is 343 g/mol. The minimum Gasteiger partial charge on any atom is -0.378 e. The van der Waals surface area contributed by atoms with Gasteiger partial charge < -0.3 is 19.9 Å². The Morgan fingerprint density at radius 3 is 2.52 bits per heavy atom. The first-order chi connectivity index (χ1) is 12.3. The number of anilines is 1. The number of nitrogens with zero attached hydrogens (tertiary/aromatic N) is 2. The molecule has 0 spiro atoms. The van der Waals surface area contributed by atoms with Gasteiger partial charge in [-0.2, -0.15) is 0 Å². The van der Waals surface area contributed by atoms with Crippen molar-refractivity contribution in [3.05, 3.63) is 30.3 Å². The first-order valence-corrected chi connectivity index (χ1v) is 9.75. The highest BCUT2D eigenvalue weighted by molar-refractivity contribution is 5.74. The third-order valence-corrected chi connectivity index (χ3v) is 5.63. The molecule has 1 saturated carbocycles. The summed E-state index contributed by atoms with van der Waals surface area (Å²) in [6, 6.07) is 10.8. The van der Waals surface area contributed by atoms with Crippen LogP contribution < -0.4 is 10.2 Å². The van der Waals surface area contributed by atoms with E-state index in [0.29, 0.717) is 6.10 Å². The smallest absolute Gasteiger partial charge is 0.317 e. The van der Waals surface area contributed by atoms with Gasteiger partial charge in [0.25, 0.3) is 0 Å². The minimum absolute atomic E-state index is 0.0977. The Labute approximate surface area is 150 Å². The summed E-state index contributed by atoms with van der Waals surface area (Å²) in [6.45, 7) is 4.46. The number of rotatable bonds is 5. The molecule has 1 N–H and O–H groups in total. The lowest BCUT2D eigenvalue weighted by Crippen LogP contribution is -2.49. The Hall–Kier alpha value is -1.75. The fraction of sp³-hybridized carbons (Fsp3) is 0.650. The number of urea groups is 1. The number of nitrogens with one attached hydrogen (secondary N) is 1. The SMILES string of the molecule is O=C(N[C@@H]1CCN(c2ccccc2)C1)N1CCC(OCC2CC2)CC1. The van der Waals surface area contributed by atoms with Crippen LogP contribution in [0, 0.1) is 5.92 Å². The highest BCUT2D eigenvalue weighted by Gasteiger charge is 2.29. The third kappa shape index (κ3) is 4.46. The molecule has 5 nitrogen and oxygen atoms in total. The molecule has 2 amide bonds. The predicted molar refractivity (Wildman–Crippen MR) is 98.9 cm³/mol. The van der Waals surface area contributed by atoms with Gasteiger partial charge >= 0.3 is 6.03 Å². The molecule has 0 radical (unpaired) electrons. The van der Waals surface area contributed by atoms with E-state index in [2.05, 4.69) is 34.5 Å². The second-order valence-corrected chi connectivity index (χ2v) is 7.68. The van der Waals surface area contributed by atoms with E-state index in [1.165, 1.54) is 18.5 Å². The van der Waals surface area contributed by atoms with Crippen molar-refractivity contribution >= 4 is 11.7 Å². The average Bonchev–Trinajstić information content (AvgIpc) is 3.38. The number of ether oxygens (including phenoxy) is 1. The molecule has 1 aromatic rings. The molecule has 5 heteroatoms. The van der Waals surface area contributed by atoms with Crippen molar-refractivity contribution in [3.8, 4) is 0 Å². The maximum Gasteiger partial charge on any atom is 0.317 e. The van der Waals surface area contributed by atoms with Crippen molar-refractivity contribution in [1.82, 2.24) is 10.2 Å². The quantitative estimate of drug-likeness (QED) is 0.894. The van der Waals surface area contributed by atoms with Gasteiger partial charge in [-0.3, -0.25) is 0 Å². The van der Waals surface area contributed by atoms with E-state index in [1.54, 1.807) is 0 Å². The van der Waals surface area contributed by atoms with Crippen LogP contribution in [0.25, 0.3) is 0 Å². The molecular weight excluding hydrogens is 314 g/mol. The van der Waals surface area contributed by atoms with Crippen LogP contribution in [-0.4, -0.2) is 55.9 Å².